The molecule has 0 spiro atoms. The number of nitrogens with one attached hydrogen (secondary N) is 2. The standard InChI is InChI=1S/C19H16N6OS/c1-11-7-9-12(10-8-11)16-21-15(18(26)24-20)14-17(23-16)25(19(27)22-14)13-5-3-2-4-6-13/h2-10H,20H2,1H3,(H,22,27)(H,24,26). The number of benzene rings is 2. The molecule has 0 saturated carbocycles. The molecule has 4 aromatic rings. The number of aryl methyl sites for hydroxylation is 1. The van der Waals surface area contributed by atoms with Gasteiger partial charge in [0, 0.05) is 11.3 Å². The molecular formula is C19H16N6OS. The predicted molar refractivity (Wildman–Crippen MR) is 106 cm³/mol. The lowest BCUT2D eigenvalue weighted by atomic mass is 10.1. The topological polar surface area (TPSA) is 102 Å². The molecule has 7 nitrogen and oxygen atoms in total. The number of nitrogen functional groups attached to an aromatic ring is 1. The molecule has 27 heavy (non-hydrogen) atoms. The zero-order valence-electron chi connectivity index (χ0n) is 14.4. The second-order valence-electron chi connectivity index (χ2n) is 6.04. The Morgan fingerprint density at radius 1 is 1.11 bits per heavy atom. The number of nitrogens with two attached hydrogens (primary N) is 1. The molecule has 0 aliphatic carbocycles. The molecule has 0 aliphatic rings. The minimum atomic E-state index is -0.521. The van der Waals surface area contributed by atoms with Gasteiger partial charge in [0.25, 0.3) is 5.91 Å². The average Bonchev–Trinajstić information content (AvgIpc) is 3.03. The van der Waals surface area contributed by atoms with E-state index in [0.717, 1.165) is 16.8 Å². The lowest BCUT2D eigenvalue weighted by Gasteiger charge is -2.08. The Morgan fingerprint density at radius 2 is 1.81 bits per heavy atom. The monoisotopic (exact) mass is 376 g/mol. The first kappa shape index (κ1) is 17.1. The summed E-state index contributed by atoms with van der Waals surface area (Å²) in [5.41, 5.74) is 5.96. The number of imidazole rings is 1. The quantitative estimate of drug-likeness (QED) is 0.221. The minimum Gasteiger partial charge on any atom is -0.327 e. The molecule has 0 bridgehead atoms. The molecule has 2 aromatic carbocycles. The summed E-state index contributed by atoms with van der Waals surface area (Å²) in [7, 11) is 0. The highest BCUT2D eigenvalue weighted by atomic mass is 32.1. The minimum absolute atomic E-state index is 0.138. The van der Waals surface area contributed by atoms with E-state index in [4.69, 9.17) is 18.1 Å². The molecule has 0 unspecified atom stereocenters. The van der Waals surface area contributed by atoms with Gasteiger partial charge in [0.2, 0.25) is 0 Å². The number of carbonyl (C=O) groups is 1. The van der Waals surface area contributed by atoms with Crippen LogP contribution in [0.2, 0.25) is 0 Å². The summed E-state index contributed by atoms with van der Waals surface area (Å²) in [5.74, 6) is 5.25. The third-order valence-corrected chi connectivity index (χ3v) is 4.49. The first-order valence-electron chi connectivity index (χ1n) is 8.24. The van der Waals surface area contributed by atoms with Gasteiger partial charge >= 0.3 is 0 Å². The summed E-state index contributed by atoms with van der Waals surface area (Å²) < 4.78 is 2.19. The maximum absolute atomic E-state index is 12.3. The van der Waals surface area contributed by atoms with Crippen molar-refractivity contribution >= 4 is 29.3 Å². The number of amides is 1. The Morgan fingerprint density at radius 3 is 2.48 bits per heavy atom. The number of hydrazine groups is 1. The number of aromatic nitrogens is 4. The fourth-order valence-electron chi connectivity index (χ4n) is 2.87. The summed E-state index contributed by atoms with van der Waals surface area (Å²) in [6.45, 7) is 2.00. The van der Waals surface area contributed by atoms with E-state index in [1.165, 1.54) is 0 Å². The van der Waals surface area contributed by atoms with Gasteiger partial charge in [-0.2, -0.15) is 0 Å². The second-order valence-corrected chi connectivity index (χ2v) is 6.42. The molecule has 4 N–H and O–H groups in total. The van der Waals surface area contributed by atoms with Crippen LogP contribution in [0.5, 0.6) is 0 Å². The SMILES string of the molecule is Cc1ccc(-c2nc(C(=O)NN)c3[nH]c(=S)n(-c4ccccc4)c3n2)cc1. The lowest BCUT2D eigenvalue weighted by Crippen LogP contribution is -2.31. The number of fused-ring (bicyclic) bond motifs is 1. The van der Waals surface area contributed by atoms with E-state index in [-0.39, 0.29) is 5.69 Å². The van der Waals surface area contributed by atoms with Crippen molar-refractivity contribution in [2.24, 2.45) is 5.84 Å². The number of hydrogen-bond acceptors (Lipinski definition) is 5. The van der Waals surface area contributed by atoms with Crippen molar-refractivity contribution in [1.29, 1.82) is 0 Å². The van der Waals surface area contributed by atoms with E-state index in [1.54, 1.807) is 4.57 Å². The Balaban J connectivity index is 2.05. The lowest BCUT2D eigenvalue weighted by molar-refractivity contribution is 0.0950. The van der Waals surface area contributed by atoms with E-state index in [1.807, 2.05) is 61.5 Å². The van der Waals surface area contributed by atoms with Crippen molar-refractivity contribution in [3.05, 3.63) is 70.6 Å². The summed E-state index contributed by atoms with van der Waals surface area (Å²) in [5, 5.41) is 0. The number of para-hydroxylation sites is 1. The van der Waals surface area contributed by atoms with Gasteiger partial charge in [0.15, 0.2) is 21.9 Å². The molecular weight excluding hydrogens is 360 g/mol. The van der Waals surface area contributed by atoms with Crippen molar-refractivity contribution in [3.63, 3.8) is 0 Å². The molecule has 1 amide bonds. The van der Waals surface area contributed by atoms with Crippen LogP contribution in [0.4, 0.5) is 0 Å². The molecule has 4 rings (SSSR count). The highest BCUT2D eigenvalue weighted by Crippen LogP contribution is 2.24. The third-order valence-electron chi connectivity index (χ3n) is 4.21. The van der Waals surface area contributed by atoms with E-state index < -0.39 is 5.91 Å². The van der Waals surface area contributed by atoms with Gasteiger partial charge in [-0.25, -0.2) is 15.8 Å². The van der Waals surface area contributed by atoms with Gasteiger partial charge in [0.1, 0.15) is 5.52 Å². The maximum atomic E-state index is 12.3. The Kier molecular flexibility index (Phi) is 4.27. The average molecular weight is 376 g/mol. The van der Waals surface area contributed by atoms with Crippen LogP contribution in [0.1, 0.15) is 16.1 Å². The number of nitrogens with zero attached hydrogens (tertiary/aromatic N) is 3. The van der Waals surface area contributed by atoms with Gasteiger partial charge in [-0.15, -0.1) is 0 Å². The molecule has 2 heterocycles. The normalized spacial score (nSPS) is 10.9. The Bertz CT molecular complexity index is 1190. The van der Waals surface area contributed by atoms with Crippen molar-refractivity contribution in [2.75, 3.05) is 0 Å². The fourth-order valence-corrected chi connectivity index (χ4v) is 3.16. The van der Waals surface area contributed by atoms with E-state index >= 15 is 0 Å². The number of hydrogen-bond donors (Lipinski definition) is 3. The van der Waals surface area contributed by atoms with Crippen LogP contribution in [-0.4, -0.2) is 25.4 Å². The zero-order chi connectivity index (χ0) is 19.0. The van der Waals surface area contributed by atoms with Crippen molar-refractivity contribution in [1.82, 2.24) is 24.9 Å². The van der Waals surface area contributed by atoms with Crippen molar-refractivity contribution < 1.29 is 4.79 Å². The zero-order valence-corrected chi connectivity index (χ0v) is 15.2. The van der Waals surface area contributed by atoms with Gasteiger partial charge in [-0.05, 0) is 31.3 Å². The smallest absolute Gasteiger partial charge is 0.286 e. The Hall–Kier alpha value is -3.36. The molecule has 0 fully saturated rings. The predicted octanol–water partition coefficient (Wildman–Crippen LogP) is 3.06. The van der Waals surface area contributed by atoms with Crippen LogP contribution in [0.15, 0.2) is 54.6 Å². The van der Waals surface area contributed by atoms with E-state index in [0.29, 0.717) is 21.8 Å². The molecule has 2 aromatic heterocycles. The molecule has 0 aliphatic heterocycles. The van der Waals surface area contributed by atoms with E-state index in [2.05, 4.69) is 20.4 Å². The molecule has 8 heteroatoms. The number of H-pyrrole nitrogens is 1. The Labute approximate surface area is 159 Å². The van der Waals surface area contributed by atoms with Gasteiger partial charge in [-0.3, -0.25) is 14.8 Å². The summed E-state index contributed by atoms with van der Waals surface area (Å²) in [4.78, 5) is 24.5. The number of rotatable bonds is 3. The molecule has 0 saturated heterocycles. The first-order chi connectivity index (χ1) is 13.1. The van der Waals surface area contributed by atoms with Crippen LogP contribution < -0.4 is 11.3 Å². The first-order valence-corrected chi connectivity index (χ1v) is 8.65. The summed E-state index contributed by atoms with van der Waals surface area (Å²) >= 11 is 5.47. The van der Waals surface area contributed by atoms with Crippen molar-refractivity contribution in [2.45, 2.75) is 6.92 Å². The molecule has 0 atom stereocenters. The molecule has 0 radical (unpaired) electrons. The number of carbonyl (C=O) groups excluding carboxylic acids is 1. The second kappa shape index (κ2) is 6.75. The highest BCUT2D eigenvalue weighted by Gasteiger charge is 2.20. The van der Waals surface area contributed by atoms with E-state index in [9.17, 15) is 4.79 Å². The highest BCUT2D eigenvalue weighted by molar-refractivity contribution is 7.71. The van der Waals surface area contributed by atoms with Crippen LogP contribution in [0.3, 0.4) is 0 Å². The summed E-state index contributed by atoms with van der Waals surface area (Å²) in [6.07, 6.45) is 0. The van der Waals surface area contributed by atoms with Gasteiger partial charge < -0.3 is 4.98 Å². The maximum Gasteiger partial charge on any atom is 0.286 e. The summed E-state index contributed by atoms with van der Waals surface area (Å²) in [6, 6.07) is 17.3. The van der Waals surface area contributed by atoms with Crippen molar-refractivity contribution in [3.8, 4) is 17.1 Å². The van der Waals surface area contributed by atoms with Crippen LogP contribution in [-0.2, 0) is 0 Å². The van der Waals surface area contributed by atoms with Gasteiger partial charge in [0.05, 0.1) is 0 Å². The molecule has 134 valence electrons. The van der Waals surface area contributed by atoms with Gasteiger partial charge in [-0.1, -0.05) is 48.0 Å². The third kappa shape index (κ3) is 3.01. The largest absolute Gasteiger partial charge is 0.327 e. The fraction of sp³-hybridized carbons (Fsp3) is 0.0526. The number of aromatic amines is 1. The van der Waals surface area contributed by atoms with Crippen LogP contribution in [0.25, 0.3) is 28.2 Å². The van der Waals surface area contributed by atoms with Crippen LogP contribution in [0, 0.1) is 11.7 Å². The van der Waals surface area contributed by atoms with Crippen LogP contribution >= 0.6 is 12.2 Å².